The molecule has 0 saturated carbocycles. The normalized spacial score (nSPS) is 20.9. The summed E-state index contributed by atoms with van der Waals surface area (Å²) in [6.07, 6.45) is 9.70. The first-order valence-electron chi connectivity index (χ1n) is 8.56. The van der Waals surface area contributed by atoms with E-state index in [0.717, 1.165) is 18.4 Å². The van der Waals surface area contributed by atoms with Gasteiger partial charge >= 0.3 is 0 Å². The number of piperidine rings is 1. The second-order valence-corrected chi connectivity index (χ2v) is 6.82. The summed E-state index contributed by atoms with van der Waals surface area (Å²) in [4.78, 5) is 27.8. The molecule has 7 nitrogen and oxygen atoms in total. The lowest BCUT2D eigenvalue weighted by molar-refractivity contribution is -0.138. The average Bonchev–Trinajstić information content (AvgIpc) is 3.03. The number of nitrogens with zero attached hydrogens (tertiary/aromatic N) is 4. The highest BCUT2D eigenvalue weighted by Gasteiger charge is 2.37. The van der Waals surface area contributed by atoms with Gasteiger partial charge in [-0.1, -0.05) is 0 Å². The molecule has 2 heterocycles. The molecule has 138 valence electrons. The van der Waals surface area contributed by atoms with Gasteiger partial charge in [-0.15, -0.1) is 0 Å². The largest absolute Gasteiger partial charge is 0.376 e. The Labute approximate surface area is 149 Å². The van der Waals surface area contributed by atoms with E-state index in [9.17, 15) is 9.59 Å². The molecule has 0 bridgehead atoms. The molecule has 0 spiro atoms. The molecular formula is C18H28N4O3. The third-order valence-corrected chi connectivity index (χ3v) is 4.72. The number of carbonyl (C=O) groups excluding carboxylic acids is 2. The molecule has 2 rings (SSSR count). The van der Waals surface area contributed by atoms with Crippen LogP contribution in [0.15, 0.2) is 18.5 Å². The molecule has 0 aromatic carbocycles. The zero-order chi connectivity index (χ0) is 18.4. The predicted octanol–water partition coefficient (Wildman–Crippen LogP) is 1.31. The molecule has 7 heteroatoms. The van der Waals surface area contributed by atoms with Crippen LogP contribution in [-0.2, 0) is 21.4 Å². The van der Waals surface area contributed by atoms with Gasteiger partial charge in [0, 0.05) is 65.6 Å². The van der Waals surface area contributed by atoms with Crippen LogP contribution >= 0.6 is 0 Å². The number of methoxy groups -OCH3 is 1. The van der Waals surface area contributed by atoms with Crippen molar-refractivity contribution in [3.05, 3.63) is 24.0 Å². The second-order valence-electron chi connectivity index (χ2n) is 6.82. The minimum atomic E-state index is -0.443. The maximum Gasteiger partial charge on any atom is 0.246 e. The Morgan fingerprint density at radius 2 is 2.20 bits per heavy atom. The maximum atomic E-state index is 12.5. The quantitative estimate of drug-likeness (QED) is 0.727. The SMILES string of the molecule is COC1(CCC(=O)N(C)C)CCCN(C(=O)C=Cc2cnn(C)c2)C1. The van der Waals surface area contributed by atoms with Gasteiger partial charge in [0.25, 0.3) is 0 Å². The third-order valence-electron chi connectivity index (χ3n) is 4.72. The van der Waals surface area contributed by atoms with Crippen LogP contribution in [0.1, 0.15) is 31.2 Å². The van der Waals surface area contributed by atoms with Crippen LogP contribution in [0, 0.1) is 0 Å². The van der Waals surface area contributed by atoms with E-state index in [2.05, 4.69) is 5.10 Å². The number of hydrogen-bond donors (Lipinski definition) is 0. The van der Waals surface area contributed by atoms with E-state index in [4.69, 9.17) is 4.74 Å². The monoisotopic (exact) mass is 348 g/mol. The maximum absolute atomic E-state index is 12.5. The zero-order valence-corrected chi connectivity index (χ0v) is 15.6. The summed E-state index contributed by atoms with van der Waals surface area (Å²) < 4.78 is 7.45. The lowest BCUT2D eigenvalue weighted by atomic mass is 9.87. The molecule has 1 aliphatic heterocycles. The summed E-state index contributed by atoms with van der Waals surface area (Å²) in [5, 5.41) is 4.08. The van der Waals surface area contributed by atoms with Gasteiger partial charge in [-0.3, -0.25) is 14.3 Å². The molecule has 1 fully saturated rings. The minimum absolute atomic E-state index is 0.0380. The van der Waals surface area contributed by atoms with Crippen molar-refractivity contribution in [1.82, 2.24) is 19.6 Å². The molecule has 0 aliphatic carbocycles. The van der Waals surface area contributed by atoms with Gasteiger partial charge in [-0.2, -0.15) is 5.10 Å². The molecule has 1 aromatic rings. The molecule has 1 unspecified atom stereocenters. The number of amides is 2. The van der Waals surface area contributed by atoms with E-state index < -0.39 is 5.60 Å². The van der Waals surface area contributed by atoms with E-state index in [1.165, 1.54) is 0 Å². The number of rotatable bonds is 6. The van der Waals surface area contributed by atoms with Gasteiger partial charge in [0.1, 0.15) is 0 Å². The Morgan fingerprint density at radius 3 is 2.80 bits per heavy atom. The first-order chi connectivity index (χ1) is 11.8. The molecule has 2 amide bonds. The standard InChI is InChI=1S/C18H28N4O3/c1-20(2)16(23)8-10-18(25-4)9-5-11-22(14-18)17(24)7-6-15-12-19-21(3)13-15/h6-7,12-13H,5,8-11,14H2,1-4H3. The van der Waals surface area contributed by atoms with Crippen molar-refractivity contribution in [2.24, 2.45) is 7.05 Å². The van der Waals surface area contributed by atoms with Crippen molar-refractivity contribution in [3.8, 4) is 0 Å². The van der Waals surface area contributed by atoms with Crippen LogP contribution in [0.25, 0.3) is 6.08 Å². The number of aromatic nitrogens is 2. The van der Waals surface area contributed by atoms with Crippen molar-refractivity contribution < 1.29 is 14.3 Å². The van der Waals surface area contributed by atoms with Gasteiger partial charge < -0.3 is 14.5 Å². The van der Waals surface area contributed by atoms with E-state index in [-0.39, 0.29) is 11.8 Å². The summed E-state index contributed by atoms with van der Waals surface area (Å²) in [5.41, 5.74) is 0.448. The van der Waals surface area contributed by atoms with Crippen molar-refractivity contribution >= 4 is 17.9 Å². The number of hydrogen-bond acceptors (Lipinski definition) is 4. The number of carbonyl (C=O) groups is 2. The highest BCUT2D eigenvalue weighted by Crippen LogP contribution is 2.29. The smallest absolute Gasteiger partial charge is 0.246 e. The second kappa shape index (κ2) is 8.29. The number of aryl methyl sites for hydroxylation is 1. The molecule has 1 aromatic heterocycles. The molecule has 0 N–H and O–H groups in total. The molecule has 1 aliphatic rings. The molecule has 1 atom stereocenters. The van der Waals surface area contributed by atoms with E-state index >= 15 is 0 Å². The Balaban J connectivity index is 1.98. The number of likely N-dealkylation sites (tertiary alicyclic amines) is 1. The van der Waals surface area contributed by atoms with Crippen LogP contribution in [0.4, 0.5) is 0 Å². The Morgan fingerprint density at radius 1 is 1.44 bits per heavy atom. The topological polar surface area (TPSA) is 67.7 Å². The highest BCUT2D eigenvalue weighted by molar-refractivity contribution is 5.91. The predicted molar refractivity (Wildman–Crippen MR) is 95.7 cm³/mol. The van der Waals surface area contributed by atoms with Crippen LogP contribution in [0.5, 0.6) is 0 Å². The highest BCUT2D eigenvalue weighted by atomic mass is 16.5. The van der Waals surface area contributed by atoms with Crippen LogP contribution in [0.2, 0.25) is 0 Å². The van der Waals surface area contributed by atoms with Crippen LogP contribution in [-0.4, -0.2) is 71.3 Å². The molecule has 0 radical (unpaired) electrons. The van der Waals surface area contributed by atoms with Crippen LogP contribution < -0.4 is 0 Å². The fourth-order valence-corrected chi connectivity index (χ4v) is 3.12. The first kappa shape index (κ1) is 19.2. The fourth-order valence-electron chi connectivity index (χ4n) is 3.12. The first-order valence-corrected chi connectivity index (χ1v) is 8.56. The van der Waals surface area contributed by atoms with E-state index in [1.807, 2.05) is 13.2 Å². The lowest BCUT2D eigenvalue weighted by Crippen LogP contribution is -2.51. The summed E-state index contributed by atoms with van der Waals surface area (Å²) in [5.74, 6) is 0.0419. The Kier molecular flexibility index (Phi) is 6.36. The summed E-state index contributed by atoms with van der Waals surface area (Å²) in [6, 6.07) is 0. The Hall–Kier alpha value is -2.15. The van der Waals surface area contributed by atoms with Crippen molar-refractivity contribution in [1.29, 1.82) is 0 Å². The summed E-state index contributed by atoms with van der Waals surface area (Å²) in [6.45, 7) is 1.23. The average molecular weight is 348 g/mol. The minimum Gasteiger partial charge on any atom is -0.376 e. The Bertz CT molecular complexity index is 638. The van der Waals surface area contributed by atoms with Gasteiger partial charge in [0.2, 0.25) is 11.8 Å². The fraction of sp³-hybridized carbons (Fsp3) is 0.611. The van der Waals surface area contributed by atoms with Crippen molar-refractivity contribution in [2.45, 2.75) is 31.3 Å². The summed E-state index contributed by atoms with van der Waals surface area (Å²) in [7, 11) is 7.01. The van der Waals surface area contributed by atoms with Crippen molar-refractivity contribution in [3.63, 3.8) is 0 Å². The zero-order valence-electron chi connectivity index (χ0n) is 15.6. The van der Waals surface area contributed by atoms with Gasteiger partial charge in [0.15, 0.2) is 0 Å². The molecule has 25 heavy (non-hydrogen) atoms. The third kappa shape index (κ3) is 5.16. The van der Waals surface area contributed by atoms with Crippen molar-refractivity contribution in [2.75, 3.05) is 34.3 Å². The van der Waals surface area contributed by atoms with Crippen LogP contribution in [0.3, 0.4) is 0 Å². The van der Waals surface area contributed by atoms with Gasteiger partial charge in [0.05, 0.1) is 11.8 Å². The summed E-state index contributed by atoms with van der Waals surface area (Å²) >= 11 is 0. The molecular weight excluding hydrogens is 320 g/mol. The van der Waals surface area contributed by atoms with Gasteiger partial charge in [-0.05, 0) is 25.3 Å². The van der Waals surface area contributed by atoms with E-state index in [1.54, 1.807) is 54.0 Å². The molecule has 1 saturated heterocycles. The van der Waals surface area contributed by atoms with E-state index in [0.29, 0.717) is 25.9 Å². The van der Waals surface area contributed by atoms with Gasteiger partial charge in [-0.25, -0.2) is 0 Å². The lowest BCUT2D eigenvalue weighted by Gasteiger charge is -2.41. The number of ether oxygens (including phenoxy) is 1.